The Bertz CT molecular complexity index is 837. The van der Waals surface area contributed by atoms with E-state index in [1.165, 1.54) is 0 Å². The first-order valence-electron chi connectivity index (χ1n) is 8.28. The van der Waals surface area contributed by atoms with Crippen molar-refractivity contribution in [2.75, 3.05) is 38.3 Å². The lowest BCUT2D eigenvalue weighted by atomic mass is 10.2. The van der Waals surface area contributed by atoms with Gasteiger partial charge in [-0.05, 0) is 24.3 Å². The van der Waals surface area contributed by atoms with Crippen molar-refractivity contribution in [3.05, 3.63) is 42.7 Å². The smallest absolute Gasteiger partial charge is 0.298 e. The van der Waals surface area contributed by atoms with Crippen LogP contribution in [0.15, 0.2) is 47.1 Å². The number of benzene rings is 1. The second-order valence-corrected chi connectivity index (χ2v) is 5.88. The van der Waals surface area contributed by atoms with Crippen LogP contribution in [0.1, 0.15) is 0 Å². The molecule has 1 fully saturated rings. The number of fused-ring (bicyclic) bond motifs is 1. The molecule has 3 heterocycles. The zero-order valence-electron chi connectivity index (χ0n) is 14.0. The zero-order valence-corrected chi connectivity index (χ0v) is 14.0. The second-order valence-electron chi connectivity index (χ2n) is 5.88. The Kier molecular flexibility index (Phi) is 4.39. The van der Waals surface area contributed by atoms with Crippen LogP contribution in [0, 0.1) is 0 Å². The molecule has 1 aliphatic heterocycles. The van der Waals surface area contributed by atoms with Gasteiger partial charge in [0.15, 0.2) is 5.58 Å². The molecular weight excluding hydrogens is 320 g/mol. The molecule has 0 bridgehead atoms. The number of nitrogens with zero attached hydrogens (tertiary/aromatic N) is 3. The molecule has 0 saturated carbocycles. The molecule has 1 atom stereocenters. The zero-order chi connectivity index (χ0) is 17.1. The Balaban J connectivity index is 1.54. The molecule has 3 aromatic rings. The van der Waals surface area contributed by atoms with E-state index in [9.17, 15) is 0 Å². The van der Waals surface area contributed by atoms with Crippen molar-refractivity contribution in [2.45, 2.75) is 6.04 Å². The Hall–Kier alpha value is -2.80. The average molecular weight is 340 g/mol. The van der Waals surface area contributed by atoms with E-state index in [0.717, 1.165) is 42.2 Å². The molecule has 0 amide bonds. The minimum absolute atomic E-state index is 0.129. The van der Waals surface area contributed by atoms with Crippen molar-refractivity contribution in [3.8, 4) is 11.5 Å². The number of pyridine rings is 1. The summed E-state index contributed by atoms with van der Waals surface area (Å²) in [5.41, 5.74) is 1.54. The van der Waals surface area contributed by atoms with E-state index >= 15 is 0 Å². The summed E-state index contributed by atoms with van der Waals surface area (Å²) in [6.07, 6.45) is 3.44. The number of oxazole rings is 1. The molecule has 0 radical (unpaired) electrons. The molecule has 0 unspecified atom stereocenters. The van der Waals surface area contributed by atoms with Gasteiger partial charge < -0.3 is 24.1 Å². The molecule has 1 saturated heterocycles. The molecule has 25 heavy (non-hydrogen) atoms. The summed E-state index contributed by atoms with van der Waals surface area (Å²) in [4.78, 5) is 10.9. The van der Waals surface area contributed by atoms with Crippen molar-refractivity contribution in [2.24, 2.45) is 0 Å². The molecule has 1 N–H and O–H groups in total. The maximum Gasteiger partial charge on any atom is 0.298 e. The number of hydrogen-bond acceptors (Lipinski definition) is 7. The van der Waals surface area contributed by atoms with Crippen LogP contribution in [-0.2, 0) is 0 Å². The number of anilines is 1. The molecule has 2 aromatic heterocycles. The number of nitrogens with one attached hydrogen (secondary N) is 1. The van der Waals surface area contributed by atoms with E-state index in [1.807, 2.05) is 30.3 Å². The third-order valence-electron chi connectivity index (χ3n) is 4.26. The normalized spacial score (nSPS) is 17.6. The van der Waals surface area contributed by atoms with Gasteiger partial charge in [0.2, 0.25) is 0 Å². The summed E-state index contributed by atoms with van der Waals surface area (Å²) >= 11 is 0. The lowest BCUT2D eigenvalue weighted by Crippen LogP contribution is -2.54. The van der Waals surface area contributed by atoms with Crippen LogP contribution in [0.25, 0.3) is 11.1 Å². The van der Waals surface area contributed by atoms with Crippen LogP contribution in [0.2, 0.25) is 0 Å². The van der Waals surface area contributed by atoms with E-state index < -0.39 is 0 Å². The van der Waals surface area contributed by atoms with Crippen LogP contribution < -0.4 is 19.7 Å². The fourth-order valence-corrected chi connectivity index (χ4v) is 2.93. The van der Waals surface area contributed by atoms with Gasteiger partial charge >= 0.3 is 0 Å². The Morgan fingerprint density at radius 1 is 1.32 bits per heavy atom. The summed E-state index contributed by atoms with van der Waals surface area (Å²) in [7, 11) is 1.64. The lowest BCUT2D eigenvalue weighted by Gasteiger charge is -2.34. The quantitative estimate of drug-likeness (QED) is 0.762. The Morgan fingerprint density at radius 2 is 2.28 bits per heavy atom. The van der Waals surface area contributed by atoms with Gasteiger partial charge in [-0.25, -0.2) is 0 Å². The van der Waals surface area contributed by atoms with Gasteiger partial charge in [-0.3, -0.25) is 4.98 Å². The van der Waals surface area contributed by atoms with Crippen molar-refractivity contribution in [1.29, 1.82) is 0 Å². The van der Waals surface area contributed by atoms with Crippen LogP contribution in [0.3, 0.4) is 0 Å². The van der Waals surface area contributed by atoms with E-state index in [-0.39, 0.29) is 6.04 Å². The van der Waals surface area contributed by atoms with Crippen molar-refractivity contribution < 1.29 is 13.9 Å². The highest BCUT2D eigenvalue weighted by Crippen LogP contribution is 2.27. The molecule has 0 aliphatic carbocycles. The predicted octanol–water partition coefficient (Wildman–Crippen LogP) is 2.09. The van der Waals surface area contributed by atoms with E-state index in [2.05, 4.69) is 20.2 Å². The molecule has 7 heteroatoms. The third-order valence-corrected chi connectivity index (χ3v) is 4.26. The monoisotopic (exact) mass is 340 g/mol. The van der Waals surface area contributed by atoms with Gasteiger partial charge in [-0.15, -0.1) is 0 Å². The summed E-state index contributed by atoms with van der Waals surface area (Å²) < 4.78 is 17.1. The Morgan fingerprint density at radius 3 is 3.12 bits per heavy atom. The highest BCUT2D eigenvalue weighted by atomic mass is 16.5. The average Bonchev–Trinajstić information content (AvgIpc) is 3.10. The first-order chi connectivity index (χ1) is 12.3. The van der Waals surface area contributed by atoms with E-state index in [0.29, 0.717) is 12.6 Å². The molecule has 130 valence electrons. The van der Waals surface area contributed by atoms with Crippen LogP contribution in [0.5, 0.6) is 11.5 Å². The van der Waals surface area contributed by atoms with Crippen molar-refractivity contribution in [1.82, 2.24) is 15.3 Å². The molecule has 1 aliphatic rings. The summed E-state index contributed by atoms with van der Waals surface area (Å²) in [5.74, 6) is 1.53. The summed E-state index contributed by atoms with van der Waals surface area (Å²) in [6, 6.07) is 10.1. The first kappa shape index (κ1) is 15.7. The number of hydrogen-bond donors (Lipinski definition) is 1. The molecule has 7 nitrogen and oxygen atoms in total. The SMILES string of the molecule is COc1ccc2oc(N3CCNC[C@H]3COc3cccnc3)nc2c1. The number of aromatic nitrogens is 2. The standard InChI is InChI=1S/C18H20N4O3/c1-23-14-4-5-17-16(9-14)21-18(25-17)22-8-7-20-10-13(22)12-24-15-3-2-6-19-11-15/h2-6,9,11,13,20H,7-8,10,12H2,1H3/t13-/m0/s1. The highest BCUT2D eigenvalue weighted by Gasteiger charge is 2.27. The van der Waals surface area contributed by atoms with Gasteiger partial charge in [0.25, 0.3) is 6.01 Å². The van der Waals surface area contributed by atoms with E-state index in [1.54, 1.807) is 19.5 Å². The van der Waals surface area contributed by atoms with Crippen LogP contribution >= 0.6 is 0 Å². The number of piperazine rings is 1. The van der Waals surface area contributed by atoms with Gasteiger partial charge in [-0.1, -0.05) is 0 Å². The molecular formula is C18H20N4O3. The minimum Gasteiger partial charge on any atom is -0.497 e. The highest BCUT2D eigenvalue weighted by molar-refractivity contribution is 5.76. The minimum atomic E-state index is 0.129. The molecule has 1 aromatic carbocycles. The van der Waals surface area contributed by atoms with Crippen LogP contribution in [0.4, 0.5) is 6.01 Å². The maximum absolute atomic E-state index is 5.95. The molecule has 4 rings (SSSR count). The fourth-order valence-electron chi connectivity index (χ4n) is 2.93. The first-order valence-corrected chi connectivity index (χ1v) is 8.28. The largest absolute Gasteiger partial charge is 0.497 e. The Labute approximate surface area is 145 Å². The molecule has 0 spiro atoms. The summed E-state index contributed by atoms with van der Waals surface area (Å²) in [6.45, 7) is 3.03. The lowest BCUT2D eigenvalue weighted by molar-refractivity contribution is 0.261. The van der Waals surface area contributed by atoms with Gasteiger partial charge in [-0.2, -0.15) is 4.98 Å². The van der Waals surface area contributed by atoms with Crippen molar-refractivity contribution >= 4 is 17.1 Å². The second kappa shape index (κ2) is 6.98. The van der Waals surface area contributed by atoms with Crippen molar-refractivity contribution in [3.63, 3.8) is 0 Å². The fraction of sp³-hybridized carbons (Fsp3) is 0.333. The van der Waals surface area contributed by atoms with Crippen LogP contribution in [-0.4, -0.2) is 49.4 Å². The van der Waals surface area contributed by atoms with Gasteiger partial charge in [0.1, 0.15) is 23.6 Å². The van der Waals surface area contributed by atoms with Gasteiger partial charge in [0.05, 0.1) is 19.3 Å². The number of rotatable bonds is 5. The topological polar surface area (TPSA) is 72.7 Å². The maximum atomic E-state index is 5.95. The van der Waals surface area contributed by atoms with E-state index in [4.69, 9.17) is 13.9 Å². The number of ether oxygens (including phenoxy) is 2. The summed E-state index contributed by atoms with van der Waals surface area (Å²) in [5, 5.41) is 3.40. The van der Waals surface area contributed by atoms with Gasteiger partial charge in [0, 0.05) is 31.9 Å². The third kappa shape index (κ3) is 3.36. The number of methoxy groups -OCH3 is 1. The predicted molar refractivity (Wildman–Crippen MR) is 94.3 cm³/mol.